The number of nitrogens with one attached hydrogen (secondary N) is 1. The molecule has 0 radical (unpaired) electrons. The number of nitrogen functional groups attached to an aromatic ring is 1. The topological polar surface area (TPSA) is 65.0 Å². The maximum Gasteiger partial charge on any atom is 0.292 e. The molecule has 2 rings (SSSR count). The van der Waals surface area contributed by atoms with Crippen LogP contribution in [0.3, 0.4) is 0 Å². The average molecular weight is 290 g/mol. The van der Waals surface area contributed by atoms with Gasteiger partial charge < -0.3 is 15.5 Å². The highest BCUT2D eigenvalue weighted by Gasteiger charge is 2.17. The summed E-state index contributed by atoms with van der Waals surface area (Å²) < 4.78 is 4.18. The normalized spacial score (nSPS) is 11.6. The first-order valence-electron chi connectivity index (χ1n) is 6.98. The SMILES string of the molecule is Cn1c(=O)c(N)c(NCC[N+](C)(C)C)n1-c1ccccc1. The standard InChI is InChI=1S/C15H23N5O/c1-18-15(21)13(16)14(17-10-11-20(2,3)4)19(18)12-8-6-5-7-9-12/h5-9H,10-11,16H2,1-4H3/p+1. The van der Waals surface area contributed by atoms with Gasteiger partial charge in [0.1, 0.15) is 5.69 Å². The summed E-state index contributed by atoms with van der Waals surface area (Å²) in [6.45, 7) is 1.67. The van der Waals surface area contributed by atoms with E-state index in [9.17, 15) is 4.79 Å². The zero-order valence-corrected chi connectivity index (χ0v) is 13.1. The number of rotatable bonds is 5. The van der Waals surface area contributed by atoms with E-state index in [4.69, 9.17) is 5.73 Å². The van der Waals surface area contributed by atoms with Crippen LogP contribution >= 0.6 is 0 Å². The Labute approximate surface area is 125 Å². The molecule has 1 heterocycles. The van der Waals surface area contributed by atoms with E-state index in [1.807, 2.05) is 35.0 Å². The maximum absolute atomic E-state index is 12.1. The summed E-state index contributed by atoms with van der Waals surface area (Å²) >= 11 is 0. The second kappa shape index (κ2) is 5.65. The van der Waals surface area contributed by atoms with Crippen LogP contribution in [0.1, 0.15) is 0 Å². The minimum atomic E-state index is -0.188. The van der Waals surface area contributed by atoms with Crippen molar-refractivity contribution >= 4 is 11.5 Å². The summed E-state index contributed by atoms with van der Waals surface area (Å²) in [5.41, 5.74) is 6.94. The third kappa shape index (κ3) is 3.28. The van der Waals surface area contributed by atoms with Gasteiger partial charge in [0.2, 0.25) is 0 Å². The Morgan fingerprint density at radius 3 is 2.38 bits per heavy atom. The number of hydrogen-bond donors (Lipinski definition) is 2. The molecule has 21 heavy (non-hydrogen) atoms. The zero-order valence-electron chi connectivity index (χ0n) is 13.1. The molecule has 0 amide bonds. The smallest absolute Gasteiger partial charge is 0.292 e. The Bertz CT molecular complexity index is 664. The maximum atomic E-state index is 12.1. The van der Waals surface area contributed by atoms with E-state index < -0.39 is 0 Å². The fourth-order valence-corrected chi connectivity index (χ4v) is 2.18. The highest BCUT2D eigenvalue weighted by Crippen LogP contribution is 2.20. The molecule has 3 N–H and O–H groups in total. The number of nitrogens with zero attached hydrogens (tertiary/aromatic N) is 3. The molecule has 2 aromatic rings. The Morgan fingerprint density at radius 1 is 1.19 bits per heavy atom. The van der Waals surface area contributed by atoms with Gasteiger partial charge in [0, 0.05) is 7.05 Å². The third-order valence-electron chi connectivity index (χ3n) is 3.37. The van der Waals surface area contributed by atoms with Gasteiger partial charge in [-0.05, 0) is 12.1 Å². The Kier molecular flexibility index (Phi) is 4.09. The number of nitrogens with two attached hydrogens (primary N) is 1. The van der Waals surface area contributed by atoms with Crippen molar-refractivity contribution in [1.82, 2.24) is 9.36 Å². The molecule has 114 valence electrons. The molecular weight excluding hydrogens is 266 g/mol. The lowest BCUT2D eigenvalue weighted by Crippen LogP contribution is -2.38. The van der Waals surface area contributed by atoms with E-state index in [0.29, 0.717) is 5.82 Å². The van der Waals surface area contributed by atoms with Crippen LogP contribution in [0.2, 0.25) is 0 Å². The molecule has 0 atom stereocenters. The van der Waals surface area contributed by atoms with Crippen LogP contribution in [-0.2, 0) is 7.05 Å². The van der Waals surface area contributed by atoms with Crippen molar-refractivity contribution in [2.75, 3.05) is 45.3 Å². The number of aromatic nitrogens is 2. The minimum absolute atomic E-state index is 0.188. The molecule has 0 spiro atoms. The number of likely N-dealkylation sites (N-methyl/N-ethyl adjacent to an activating group) is 1. The molecule has 0 aliphatic heterocycles. The Balaban J connectivity index is 2.37. The van der Waals surface area contributed by atoms with Gasteiger partial charge in [0.15, 0.2) is 5.82 Å². The van der Waals surface area contributed by atoms with E-state index in [1.54, 1.807) is 7.05 Å². The highest BCUT2D eigenvalue weighted by atomic mass is 16.1. The van der Waals surface area contributed by atoms with Gasteiger partial charge in [-0.3, -0.25) is 4.79 Å². The quantitative estimate of drug-likeness (QED) is 0.803. The van der Waals surface area contributed by atoms with Gasteiger partial charge >= 0.3 is 0 Å². The van der Waals surface area contributed by atoms with Crippen LogP contribution in [0.15, 0.2) is 35.1 Å². The zero-order chi connectivity index (χ0) is 15.6. The van der Waals surface area contributed by atoms with Crippen molar-refractivity contribution in [1.29, 1.82) is 0 Å². The van der Waals surface area contributed by atoms with Crippen molar-refractivity contribution in [3.05, 3.63) is 40.7 Å². The molecule has 0 saturated heterocycles. The van der Waals surface area contributed by atoms with Crippen molar-refractivity contribution < 1.29 is 4.48 Å². The fraction of sp³-hybridized carbons (Fsp3) is 0.400. The van der Waals surface area contributed by atoms with Gasteiger partial charge in [-0.15, -0.1) is 0 Å². The van der Waals surface area contributed by atoms with Crippen molar-refractivity contribution in [3.63, 3.8) is 0 Å². The predicted octanol–water partition coefficient (Wildman–Crippen LogP) is 0.876. The molecule has 0 aliphatic carbocycles. The molecule has 0 aliphatic rings. The van der Waals surface area contributed by atoms with Gasteiger partial charge in [0.25, 0.3) is 5.56 Å². The number of benzene rings is 1. The lowest BCUT2D eigenvalue weighted by Gasteiger charge is -2.24. The van der Waals surface area contributed by atoms with Crippen LogP contribution < -0.4 is 16.6 Å². The van der Waals surface area contributed by atoms with Crippen LogP contribution in [0.4, 0.5) is 11.5 Å². The molecule has 0 fully saturated rings. The van der Waals surface area contributed by atoms with Crippen LogP contribution in [0.5, 0.6) is 0 Å². The van der Waals surface area contributed by atoms with Gasteiger partial charge in [-0.2, -0.15) is 0 Å². The second-order valence-corrected chi connectivity index (χ2v) is 6.18. The van der Waals surface area contributed by atoms with Gasteiger partial charge in [-0.25, -0.2) is 9.36 Å². The largest absolute Gasteiger partial charge is 0.391 e. The molecule has 6 nitrogen and oxygen atoms in total. The van der Waals surface area contributed by atoms with Crippen LogP contribution in [0, 0.1) is 0 Å². The Hall–Kier alpha value is -2.21. The summed E-state index contributed by atoms with van der Waals surface area (Å²) in [7, 11) is 8.09. The second-order valence-electron chi connectivity index (χ2n) is 6.18. The lowest BCUT2D eigenvalue weighted by atomic mass is 10.3. The predicted molar refractivity (Wildman–Crippen MR) is 86.8 cm³/mol. The van der Waals surface area contributed by atoms with E-state index in [-0.39, 0.29) is 11.2 Å². The van der Waals surface area contributed by atoms with E-state index in [2.05, 4.69) is 26.5 Å². The van der Waals surface area contributed by atoms with Gasteiger partial charge in [-0.1, -0.05) is 18.2 Å². The van der Waals surface area contributed by atoms with Crippen LogP contribution in [-0.4, -0.2) is 48.1 Å². The van der Waals surface area contributed by atoms with E-state index in [0.717, 1.165) is 23.3 Å². The van der Waals surface area contributed by atoms with Crippen molar-refractivity contribution in [2.24, 2.45) is 7.05 Å². The number of hydrogen-bond acceptors (Lipinski definition) is 3. The third-order valence-corrected chi connectivity index (χ3v) is 3.37. The molecule has 6 heteroatoms. The summed E-state index contributed by atoms with van der Waals surface area (Å²) in [5, 5.41) is 3.30. The lowest BCUT2D eigenvalue weighted by molar-refractivity contribution is -0.868. The first-order valence-corrected chi connectivity index (χ1v) is 6.98. The highest BCUT2D eigenvalue weighted by molar-refractivity contribution is 5.64. The van der Waals surface area contributed by atoms with Crippen molar-refractivity contribution in [3.8, 4) is 5.69 Å². The molecular formula is C15H24N5O+. The monoisotopic (exact) mass is 290 g/mol. The molecule has 1 aromatic carbocycles. The number of anilines is 2. The number of para-hydroxylation sites is 1. The van der Waals surface area contributed by atoms with Crippen molar-refractivity contribution in [2.45, 2.75) is 0 Å². The molecule has 0 bridgehead atoms. The molecule has 0 saturated carbocycles. The Morgan fingerprint density at radius 2 is 1.81 bits per heavy atom. The van der Waals surface area contributed by atoms with E-state index in [1.165, 1.54) is 4.68 Å². The summed E-state index contributed by atoms with van der Waals surface area (Å²) in [6, 6.07) is 9.71. The summed E-state index contributed by atoms with van der Waals surface area (Å²) in [4.78, 5) is 12.1. The number of quaternary nitrogens is 1. The first kappa shape index (κ1) is 15.2. The van der Waals surface area contributed by atoms with Crippen LogP contribution in [0.25, 0.3) is 5.69 Å². The minimum Gasteiger partial charge on any atom is -0.391 e. The molecule has 0 unspecified atom stereocenters. The summed E-state index contributed by atoms with van der Waals surface area (Å²) in [5.74, 6) is 0.655. The summed E-state index contributed by atoms with van der Waals surface area (Å²) in [6.07, 6.45) is 0. The van der Waals surface area contributed by atoms with Gasteiger partial charge in [0.05, 0.1) is 39.9 Å². The fourth-order valence-electron chi connectivity index (χ4n) is 2.18. The molecule has 1 aromatic heterocycles. The first-order chi connectivity index (χ1) is 9.81. The average Bonchev–Trinajstić information content (AvgIpc) is 2.63. The van der Waals surface area contributed by atoms with E-state index >= 15 is 0 Å².